The molecule has 2 aromatic carbocycles. The van der Waals surface area contributed by atoms with Gasteiger partial charge in [0.25, 0.3) is 5.91 Å². The number of amides is 2. The topological polar surface area (TPSA) is 389 Å². The summed E-state index contributed by atoms with van der Waals surface area (Å²) in [5, 5.41) is 104. The number of hydrogen-bond donors (Lipinski definition) is 15. The predicted octanol–water partition coefficient (Wildman–Crippen LogP) is -4.13. The number of nitrogens with zero attached hydrogens (tertiary/aromatic N) is 4. The Morgan fingerprint density at radius 3 is 2.02 bits per heavy atom. The molecule has 0 saturated heterocycles. The van der Waals surface area contributed by atoms with Gasteiger partial charge in [-0.3, -0.25) is 24.8 Å². The van der Waals surface area contributed by atoms with Crippen molar-refractivity contribution in [2.45, 2.75) is 74.5 Å². The first kappa shape index (κ1) is 50.8. The van der Waals surface area contributed by atoms with Crippen molar-refractivity contribution in [2.75, 3.05) is 64.0 Å². The highest BCUT2D eigenvalue weighted by Gasteiger charge is 2.35. The number of nitrogens with one attached hydrogen (secondary N) is 2. The van der Waals surface area contributed by atoms with Gasteiger partial charge in [0.15, 0.2) is 28.4 Å². The number of guanidine groups is 1. The summed E-state index contributed by atoms with van der Waals surface area (Å²) in [6.45, 7) is -2.40. The van der Waals surface area contributed by atoms with Gasteiger partial charge in [-0.25, -0.2) is 9.97 Å². The molecule has 0 bridgehead atoms. The summed E-state index contributed by atoms with van der Waals surface area (Å²) in [4.78, 5) is 38.7. The fourth-order valence-electron chi connectivity index (χ4n) is 6.66. The van der Waals surface area contributed by atoms with Gasteiger partial charge < -0.3 is 78.3 Å². The van der Waals surface area contributed by atoms with Crippen molar-refractivity contribution in [3.05, 3.63) is 64.4 Å². The van der Waals surface area contributed by atoms with Crippen LogP contribution in [-0.2, 0) is 17.6 Å². The highest BCUT2D eigenvalue weighted by molar-refractivity contribution is 6.31. The van der Waals surface area contributed by atoms with Gasteiger partial charge in [0.1, 0.15) is 49.0 Å². The van der Waals surface area contributed by atoms with Gasteiger partial charge >= 0.3 is 0 Å². The first-order valence-electron chi connectivity index (χ1n) is 20.1. The lowest BCUT2D eigenvalue weighted by molar-refractivity contribution is -0.131. The number of carbonyl (C=O) groups is 2. The molecule has 0 saturated carbocycles. The minimum atomic E-state index is -1.94. The van der Waals surface area contributed by atoms with E-state index in [0.717, 1.165) is 35.1 Å². The quantitative estimate of drug-likeness (QED) is 0.0244. The summed E-state index contributed by atoms with van der Waals surface area (Å²) < 4.78 is 6.00. The molecular weight excluding hydrogens is 850 g/mol. The van der Waals surface area contributed by atoms with E-state index >= 15 is 0 Å². The zero-order valence-corrected chi connectivity index (χ0v) is 35.1. The molecule has 18 N–H and O–H groups in total. The van der Waals surface area contributed by atoms with Crippen LogP contribution in [0.1, 0.15) is 34.5 Å². The largest absolute Gasteiger partial charge is 0.492 e. The zero-order chi connectivity index (χ0) is 46.4. The molecule has 9 atom stereocenters. The number of benzene rings is 2. The number of anilines is 2. The summed E-state index contributed by atoms with van der Waals surface area (Å²) >= 11 is 5.83. The van der Waals surface area contributed by atoms with Crippen molar-refractivity contribution < 1.29 is 65.4 Å². The lowest BCUT2D eigenvalue weighted by Gasteiger charge is -2.33. The number of nitrogens with two attached hydrogens (primary N) is 3. The van der Waals surface area contributed by atoms with E-state index in [9.17, 15) is 50.4 Å². The molecule has 348 valence electrons. The van der Waals surface area contributed by atoms with Crippen LogP contribution in [0.25, 0.3) is 11.1 Å². The van der Waals surface area contributed by atoms with E-state index in [1.807, 2.05) is 42.5 Å². The number of hydrogen-bond acceptors (Lipinski definition) is 19. The zero-order valence-electron chi connectivity index (χ0n) is 34.3. The molecule has 22 nitrogen and oxygen atoms in total. The number of aliphatic hydroxyl groups excluding tert-OH is 10. The fraction of sp³-hybridized carbons (Fsp3) is 0.525. The third-order valence-electron chi connectivity index (χ3n) is 10.4. The Hall–Kier alpha value is -4.82. The highest BCUT2D eigenvalue weighted by Crippen LogP contribution is 2.32. The fourth-order valence-corrected chi connectivity index (χ4v) is 6.79. The van der Waals surface area contributed by atoms with Crippen LogP contribution < -0.4 is 32.6 Å². The minimum Gasteiger partial charge on any atom is -0.492 e. The molecule has 3 aromatic rings. The first-order valence-corrected chi connectivity index (χ1v) is 20.5. The van der Waals surface area contributed by atoms with Crippen molar-refractivity contribution >= 4 is 41.0 Å². The van der Waals surface area contributed by atoms with Gasteiger partial charge in [-0.05, 0) is 54.0 Å². The van der Waals surface area contributed by atoms with Crippen molar-refractivity contribution in [1.29, 1.82) is 0 Å². The van der Waals surface area contributed by atoms with Crippen LogP contribution in [0.3, 0.4) is 0 Å². The molecule has 0 radical (unpaired) electrons. The summed E-state index contributed by atoms with van der Waals surface area (Å²) in [6, 6.07) is 13.8. The van der Waals surface area contributed by atoms with E-state index in [1.165, 1.54) is 4.90 Å². The van der Waals surface area contributed by atoms with Gasteiger partial charge in [-0.15, -0.1) is 0 Å². The van der Waals surface area contributed by atoms with Crippen LogP contribution in [0.4, 0.5) is 11.6 Å². The SMILES string of the molecule is NC(=NCCCCc1ccc(-c2ccc3c(c2)OCC(C(=O)NCCN(CC(O)C(O)C(O)C(O)CO)CC(O)C(O)C(O)C(O)CO)C3)cc1)NC(=O)c1nc(Cl)c(N)nc1N. The van der Waals surface area contributed by atoms with E-state index in [4.69, 9.17) is 43.8 Å². The van der Waals surface area contributed by atoms with Gasteiger partial charge in [-0.1, -0.05) is 48.0 Å². The maximum Gasteiger partial charge on any atom is 0.280 e. The van der Waals surface area contributed by atoms with E-state index in [1.54, 1.807) is 0 Å². The average molecular weight is 908 g/mol. The Kier molecular flexibility index (Phi) is 19.6. The number of ether oxygens (including phenoxy) is 1. The van der Waals surface area contributed by atoms with E-state index in [-0.39, 0.29) is 54.0 Å². The normalized spacial score (nSPS) is 18.0. The van der Waals surface area contributed by atoms with E-state index in [2.05, 4.69) is 25.6 Å². The number of carbonyl (C=O) groups excluding carboxylic acids is 2. The summed E-state index contributed by atoms with van der Waals surface area (Å²) in [7, 11) is 0. The molecular formula is C40H58ClN9O13. The standard InChI is InChI=1S/C40H58ClN9O13/c41-35-37(43)48-36(42)30(47-35)39(62)49-40(44)46-10-2-1-3-20-4-6-21(7-5-20)22-8-9-23-13-24(19-63-29(23)14-22)38(61)45-11-12-50(15-25(53)31(57)33(59)27(55)17-51)16-26(54)32(58)34(60)28(56)18-52/h4-9,14,24-28,31-34,51-60H,1-3,10-13,15-19H2,(H,45,61)(H4,42,43,48)(H3,44,46,49,62). The maximum atomic E-state index is 13.2. The highest BCUT2D eigenvalue weighted by atomic mass is 35.5. The van der Waals surface area contributed by atoms with Crippen LogP contribution in [0.5, 0.6) is 5.75 Å². The molecule has 1 aliphatic rings. The second-order valence-corrected chi connectivity index (χ2v) is 15.5. The number of aliphatic hydroxyl groups is 10. The van der Waals surface area contributed by atoms with Gasteiger partial charge in [0.2, 0.25) is 5.91 Å². The Morgan fingerprint density at radius 2 is 1.41 bits per heavy atom. The lowest BCUT2D eigenvalue weighted by Crippen LogP contribution is -2.54. The molecule has 4 rings (SSSR count). The second-order valence-electron chi connectivity index (χ2n) is 15.2. The number of halogens is 1. The number of nitrogen functional groups attached to an aromatic ring is 2. The Morgan fingerprint density at radius 1 is 0.825 bits per heavy atom. The van der Waals surface area contributed by atoms with Crippen LogP contribution in [-0.4, -0.2) is 185 Å². The monoisotopic (exact) mass is 907 g/mol. The number of aryl methyl sites for hydroxylation is 1. The Bertz CT molecular complexity index is 1960. The van der Waals surface area contributed by atoms with Crippen molar-refractivity contribution in [2.24, 2.45) is 16.6 Å². The average Bonchev–Trinajstić information content (AvgIpc) is 3.27. The summed E-state index contributed by atoms with van der Waals surface area (Å²) in [5.41, 5.74) is 20.7. The number of aromatic nitrogens is 2. The maximum absolute atomic E-state index is 13.2. The lowest BCUT2D eigenvalue weighted by atomic mass is 9.93. The molecule has 1 aliphatic heterocycles. The third kappa shape index (κ3) is 14.6. The Balaban J connectivity index is 1.25. The smallest absolute Gasteiger partial charge is 0.280 e. The molecule has 1 aromatic heterocycles. The molecule has 9 unspecified atom stereocenters. The summed E-state index contributed by atoms with van der Waals surface area (Å²) in [6.07, 6.45) is -12.1. The van der Waals surface area contributed by atoms with Gasteiger partial charge in [-0.2, -0.15) is 0 Å². The Labute approximate surface area is 367 Å². The van der Waals surface area contributed by atoms with Crippen LogP contribution in [0, 0.1) is 5.92 Å². The number of aliphatic imine (C=N–C) groups is 1. The van der Waals surface area contributed by atoms with Crippen LogP contribution in [0.2, 0.25) is 5.15 Å². The van der Waals surface area contributed by atoms with E-state index in [0.29, 0.717) is 25.1 Å². The molecule has 0 fully saturated rings. The molecule has 2 amide bonds. The third-order valence-corrected chi connectivity index (χ3v) is 10.7. The van der Waals surface area contributed by atoms with Crippen LogP contribution >= 0.6 is 11.6 Å². The van der Waals surface area contributed by atoms with E-state index < -0.39 is 87.0 Å². The van der Waals surface area contributed by atoms with Crippen molar-refractivity contribution in [1.82, 2.24) is 25.5 Å². The molecule has 0 spiro atoms. The van der Waals surface area contributed by atoms with Gasteiger partial charge in [0, 0.05) is 32.7 Å². The van der Waals surface area contributed by atoms with Crippen molar-refractivity contribution in [3.63, 3.8) is 0 Å². The molecule has 0 aliphatic carbocycles. The minimum absolute atomic E-state index is 0.0520. The van der Waals surface area contributed by atoms with Gasteiger partial charge in [0.05, 0.1) is 31.3 Å². The molecule has 63 heavy (non-hydrogen) atoms. The summed E-state index contributed by atoms with van der Waals surface area (Å²) in [5.74, 6) is -1.39. The number of unbranched alkanes of at least 4 members (excludes halogenated alkanes) is 1. The predicted molar refractivity (Wildman–Crippen MR) is 229 cm³/mol. The van der Waals surface area contributed by atoms with Crippen molar-refractivity contribution in [3.8, 4) is 16.9 Å². The number of rotatable bonds is 23. The second kappa shape index (κ2) is 24.3. The number of fused-ring (bicyclic) bond motifs is 1. The first-order chi connectivity index (χ1) is 29.9. The molecule has 23 heteroatoms. The van der Waals surface area contributed by atoms with Crippen LogP contribution in [0.15, 0.2) is 47.5 Å². The molecule has 2 heterocycles.